The summed E-state index contributed by atoms with van der Waals surface area (Å²) in [5, 5.41) is 5.43. The van der Waals surface area contributed by atoms with Crippen LogP contribution in [0, 0.1) is 6.92 Å². The van der Waals surface area contributed by atoms with Crippen molar-refractivity contribution in [1.29, 1.82) is 0 Å². The number of amides is 2. The fourth-order valence-corrected chi connectivity index (χ4v) is 3.68. The molecule has 7 heteroatoms. The van der Waals surface area contributed by atoms with Crippen LogP contribution in [0.2, 0.25) is 0 Å². The van der Waals surface area contributed by atoms with Gasteiger partial charge in [-0.05, 0) is 50.5 Å². The summed E-state index contributed by atoms with van der Waals surface area (Å²) in [6.45, 7) is 6.53. The number of methoxy groups -OCH3 is 1. The third-order valence-electron chi connectivity index (χ3n) is 5.49. The Morgan fingerprint density at radius 1 is 0.879 bits per heavy atom. The molecule has 188 valence electrons. The minimum atomic E-state index is -0.508. The van der Waals surface area contributed by atoms with Crippen molar-refractivity contribution in [3.8, 4) is 0 Å². The van der Waals surface area contributed by atoms with E-state index in [-0.39, 0.29) is 6.10 Å². The summed E-state index contributed by atoms with van der Waals surface area (Å²) in [5.41, 5.74) is 2.03. The molecule has 1 aromatic carbocycles. The number of carbonyl (C=O) groups is 2. The van der Waals surface area contributed by atoms with E-state index < -0.39 is 12.2 Å². The van der Waals surface area contributed by atoms with E-state index >= 15 is 0 Å². The van der Waals surface area contributed by atoms with Crippen molar-refractivity contribution in [2.75, 3.05) is 31.0 Å². The van der Waals surface area contributed by atoms with Crippen LogP contribution in [0.1, 0.15) is 90.0 Å². The van der Waals surface area contributed by atoms with Gasteiger partial charge in [-0.3, -0.25) is 10.6 Å². The van der Waals surface area contributed by atoms with Crippen molar-refractivity contribution in [3.63, 3.8) is 0 Å². The number of rotatable bonds is 17. The van der Waals surface area contributed by atoms with Crippen LogP contribution in [-0.4, -0.2) is 38.6 Å². The van der Waals surface area contributed by atoms with Crippen LogP contribution in [0.5, 0.6) is 0 Å². The zero-order valence-corrected chi connectivity index (χ0v) is 21.0. The molecule has 0 aliphatic heterocycles. The molecule has 0 heterocycles. The van der Waals surface area contributed by atoms with Crippen LogP contribution in [-0.2, 0) is 14.2 Å². The minimum absolute atomic E-state index is 0.269. The van der Waals surface area contributed by atoms with Crippen molar-refractivity contribution >= 4 is 23.6 Å². The van der Waals surface area contributed by atoms with Crippen LogP contribution in [0.3, 0.4) is 0 Å². The van der Waals surface area contributed by atoms with Gasteiger partial charge < -0.3 is 14.2 Å². The Bertz CT molecular complexity index is 681. The van der Waals surface area contributed by atoms with Crippen molar-refractivity contribution in [1.82, 2.24) is 0 Å². The van der Waals surface area contributed by atoms with Crippen molar-refractivity contribution in [3.05, 3.63) is 23.8 Å². The Morgan fingerprint density at radius 2 is 1.52 bits per heavy atom. The predicted molar refractivity (Wildman–Crippen MR) is 134 cm³/mol. The quantitative estimate of drug-likeness (QED) is 0.234. The molecule has 1 unspecified atom stereocenters. The van der Waals surface area contributed by atoms with Crippen molar-refractivity contribution < 1.29 is 23.8 Å². The minimum Gasteiger partial charge on any atom is -0.450 e. The second-order valence-electron chi connectivity index (χ2n) is 8.45. The van der Waals surface area contributed by atoms with Gasteiger partial charge in [0.05, 0.1) is 13.2 Å². The highest BCUT2D eigenvalue weighted by molar-refractivity contribution is 5.88. The number of hydrogen-bond donors (Lipinski definition) is 2. The smallest absolute Gasteiger partial charge is 0.411 e. The highest BCUT2D eigenvalue weighted by Gasteiger charge is 2.15. The molecule has 1 aromatic rings. The van der Waals surface area contributed by atoms with Crippen LogP contribution >= 0.6 is 0 Å². The first-order valence-electron chi connectivity index (χ1n) is 12.5. The molecule has 2 amide bonds. The standard InChI is InChI=1S/C26H44N2O5/c1-5-7-8-9-10-11-12-13-14-15-16-23(20-31-4)33-26(30)28-24-18-17-22(19-21(24)3)27-25(29)32-6-2/h17-19,23H,5-16,20H2,1-4H3,(H,27,29)(H,28,30). The third kappa shape index (κ3) is 13.8. The molecule has 0 aromatic heterocycles. The molecule has 33 heavy (non-hydrogen) atoms. The average molecular weight is 465 g/mol. The number of aryl methyl sites for hydroxylation is 1. The summed E-state index contributed by atoms with van der Waals surface area (Å²) in [4.78, 5) is 23.9. The SMILES string of the molecule is CCCCCCCCCCCCC(COC)OC(=O)Nc1ccc(NC(=O)OCC)cc1C. The molecule has 0 saturated heterocycles. The number of hydrogen-bond acceptors (Lipinski definition) is 5. The van der Waals surface area contributed by atoms with Gasteiger partial charge in [-0.15, -0.1) is 0 Å². The van der Waals surface area contributed by atoms with E-state index in [1.807, 2.05) is 6.92 Å². The molecular formula is C26H44N2O5. The molecule has 0 aliphatic carbocycles. The highest BCUT2D eigenvalue weighted by atomic mass is 16.6. The first-order valence-corrected chi connectivity index (χ1v) is 12.5. The van der Waals surface area contributed by atoms with E-state index in [0.717, 1.165) is 24.8 Å². The zero-order valence-electron chi connectivity index (χ0n) is 21.0. The second kappa shape index (κ2) is 18.2. The Kier molecular flexibility index (Phi) is 15.8. The molecule has 7 nitrogen and oxygen atoms in total. The maximum absolute atomic E-state index is 12.4. The van der Waals surface area contributed by atoms with Gasteiger partial charge in [0.2, 0.25) is 0 Å². The zero-order chi connectivity index (χ0) is 24.3. The highest BCUT2D eigenvalue weighted by Crippen LogP contribution is 2.21. The lowest BCUT2D eigenvalue weighted by molar-refractivity contribution is 0.0403. The van der Waals surface area contributed by atoms with Gasteiger partial charge in [0.1, 0.15) is 6.10 Å². The molecule has 1 rings (SSSR count). The maximum atomic E-state index is 12.4. The van der Waals surface area contributed by atoms with Gasteiger partial charge in [-0.1, -0.05) is 64.7 Å². The Morgan fingerprint density at radius 3 is 2.09 bits per heavy atom. The van der Waals surface area contributed by atoms with Crippen LogP contribution in [0.15, 0.2) is 18.2 Å². The number of nitrogens with one attached hydrogen (secondary N) is 2. The third-order valence-corrected chi connectivity index (χ3v) is 5.49. The van der Waals surface area contributed by atoms with Crippen LogP contribution in [0.25, 0.3) is 0 Å². The first kappa shape index (κ1) is 28.8. The molecule has 0 saturated carbocycles. The average Bonchev–Trinajstić information content (AvgIpc) is 2.77. The first-order chi connectivity index (χ1) is 16.0. The van der Waals surface area contributed by atoms with E-state index in [1.54, 1.807) is 32.2 Å². The number of ether oxygens (including phenoxy) is 3. The van der Waals surface area contributed by atoms with Gasteiger partial charge in [0, 0.05) is 18.5 Å². The largest absolute Gasteiger partial charge is 0.450 e. The molecule has 0 fully saturated rings. The summed E-state index contributed by atoms with van der Waals surface area (Å²) in [6.07, 6.45) is 12.2. The molecule has 2 N–H and O–H groups in total. The molecule has 1 atom stereocenters. The fraction of sp³-hybridized carbons (Fsp3) is 0.692. The topological polar surface area (TPSA) is 85.9 Å². The molecular weight excluding hydrogens is 420 g/mol. The lowest BCUT2D eigenvalue weighted by atomic mass is 10.0. The number of carbonyl (C=O) groups excluding carboxylic acids is 2. The lowest BCUT2D eigenvalue weighted by Crippen LogP contribution is -2.26. The van der Waals surface area contributed by atoms with E-state index in [4.69, 9.17) is 14.2 Å². The lowest BCUT2D eigenvalue weighted by Gasteiger charge is -2.18. The predicted octanol–water partition coefficient (Wildman–Crippen LogP) is 7.44. The number of unbranched alkanes of at least 4 members (excludes halogenated alkanes) is 9. The summed E-state index contributed by atoms with van der Waals surface area (Å²) in [6, 6.07) is 5.20. The van der Waals surface area contributed by atoms with Crippen molar-refractivity contribution in [2.45, 2.75) is 97.5 Å². The van der Waals surface area contributed by atoms with Gasteiger partial charge >= 0.3 is 12.2 Å². The van der Waals surface area contributed by atoms with E-state index in [1.165, 1.54) is 51.4 Å². The Hall–Kier alpha value is -2.28. The van der Waals surface area contributed by atoms with Gasteiger partial charge in [0.15, 0.2) is 0 Å². The Balaban J connectivity index is 2.34. The van der Waals surface area contributed by atoms with E-state index in [2.05, 4.69) is 17.6 Å². The van der Waals surface area contributed by atoms with E-state index in [0.29, 0.717) is 24.6 Å². The van der Waals surface area contributed by atoms with Gasteiger partial charge in [-0.25, -0.2) is 9.59 Å². The molecule has 0 spiro atoms. The van der Waals surface area contributed by atoms with Crippen molar-refractivity contribution in [2.24, 2.45) is 0 Å². The number of benzene rings is 1. The molecule has 0 bridgehead atoms. The molecule has 0 aliphatic rings. The number of anilines is 2. The van der Waals surface area contributed by atoms with Gasteiger partial charge in [-0.2, -0.15) is 0 Å². The van der Waals surface area contributed by atoms with Crippen LogP contribution < -0.4 is 10.6 Å². The summed E-state index contributed by atoms with van der Waals surface area (Å²) >= 11 is 0. The summed E-state index contributed by atoms with van der Waals surface area (Å²) in [5.74, 6) is 0. The second-order valence-corrected chi connectivity index (χ2v) is 8.45. The van der Waals surface area contributed by atoms with E-state index in [9.17, 15) is 9.59 Å². The fourth-order valence-electron chi connectivity index (χ4n) is 3.68. The monoisotopic (exact) mass is 464 g/mol. The maximum Gasteiger partial charge on any atom is 0.411 e. The summed E-state index contributed by atoms with van der Waals surface area (Å²) in [7, 11) is 1.62. The molecule has 0 radical (unpaired) electrons. The summed E-state index contributed by atoms with van der Waals surface area (Å²) < 4.78 is 15.7. The van der Waals surface area contributed by atoms with Crippen LogP contribution in [0.4, 0.5) is 21.0 Å². The Labute approximate surface area is 199 Å². The van der Waals surface area contributed by atoms with Gasteiger partial charge in [0.25, 0.3) is 0 Å². The normalized spacial score (nSPS) is 11.6.